The van der Waals surface area contributed by atoms with Gasteiger partial charge >= 0.3 is 16.4 Å². The molecule has 16 nitrogen and oxygen atoms in total. The molecule has 17 heteroatoms. The zero-order valence-corrected chi connectivity index (χ0v) is 21.3. The summed E-state index contributed by atoms with van der Waals surface area (Å²) in [4.78, 5) is 24.8. The molecule has 1 aliphatic rings. The number of benzene rings is 2. The SMILES string of the molecule is COc1cc(-c2cc(=O)c3c(O)cc(OC4OC(C(=O)OS(=O)(=O)O)C(O)C(O)C4O)cc3o2)cc(OC)c1O. The van der Waals surface area contributed by atoms with Crippen LogP contribution in [-0.2, 0) is 24.1 Å². The normalized spacial score (nSPS) is 23.0. The molecule has 2 aromatic carbocycles. The van der Waals surface area contributed by atoms with E-state index in [4.69, 9.17) is 27.9 Å². The molecule has 1 saturated heterocycles. The van der Waals surface area contributed by atoms with E-state index in [1.807, 2.05) is 0 Å². The molecule has 4 rings (SSSR count). The minimum absolute atomic E-state index is 0.00304. The molecule has 3 aromatic rings. The molecular formula is C23H22O16S. The molecule has 0 bridgehead atoms. The summed E-state index contributed by atoms with van der Waals surface area (Å²) >= 11 is 0. The van der Waals surface area contributed by atoms with E-state index < -0.39 is 58.3 Å². The number of ether oxygens (including phenoxy) is 4. The Morgan fingerprint density at radius 1 is 0.925 bits per heavy atom. The van der Waals surface area contributed by atoms with Crippen molar-refractivity contribution in [3.05, 3.63) is 40.6 Å². The number of rotatable bonds is 7. The second kappa shape index (κ2) is 10.8. The lowest BCUT2D eigenvalue weighted by Crippen LogP contribution is -2.61. The molecule has 6 N–H and O–H groups in total. The fourth-order valence-electron chi connectivity index (χ4n) is 3.91. The molecule has 0 spiro atoms. The van der Waals surface area contributed by atoms with Crippen LogP contribution in [0.25, 0.3) is 22.3 Å². The second-order valence-electron chi connectivity index (χ2n) is 8.36. The van der Waals surface area contributed by atoms with Crippen LogP contribution < -0.4 is 19.6 Å². The van der Waals surface area contributed by atoms with Gasteiger partial charge in [0.2, 0.25) is 12.0 Å². The van der Waals surface area contributed by atoms with Gasteiger partial charge in [-0.15, -0.1) is 0 Å². The number of methoxy groups -OCH3 is 2. The van der Waals surface area contributed by atoms with Gasteiger partial charge in [-0.2, -0.15) is 8.42 Å². The Labute approximate surface area is 224 Å². The Hall–Kier alpha value is -4.13. The summed E-state index contributed by atoms with van der Waals surface area (Å²) in [5.41, 5.74) is -0.691. The summed E-state index contributed by atoms with van der Waals surface area (Å²) in [6.45, 7) is 0. The zero-order chi connectivity index (χ0) is 29.5. The Morgan fingerprint density at radius 3 is 2.12 bits per heavy atom. The fourth-order valence-corrected chi connectivity index (χ4v) is 4.22. The van der Waals surface area contributed by atoms with E-state index in [1.54, 1.807) is 0 Å². The van der Waals surface area contributed by atoms with Gasteiger partial charge in [-0.3, -0.25) is 9.35 Å². The van der Waals surface area contributed by atoms with Crippen molar-refractivity contribution >= 4 is 27.3 Å². The standard InChI is InChI=1S/C23H22O16S/c1-34-14-3-8(4-15(35-2)17(14)26)12-7-11(25)16-10(24)5-9(6-13(16)37-12)36-23-20(29)18(27)19(28)21(38-23)22(30)39-40(31,32)33/h3-7,18-21,23-24,26-29H,1-2H3,(H,31,32,33). The van der Waals surface area contributed by atoms with E-state index in [0.29, 0.717) is 0 Å². The highest BCUT2D eigenvalue weighted by Crippen LogP contribution is 2.41. The van der Waals surface area contributed by atoms with Crippen LogP contribution in [0.5, 0.6) is 28.7 Å². The molecule has 1 aromatic heterocycles. The lowest BCUT2D eigenvalue weighted by Gasteiger charge is -2.38. The monoisotopic (exact) mass is 586 g/mol. The zero-order valence-electron chi connectivity index (χ0n) is 20.4. The quantitative estimate of drug-likeness (QED) is 0.189. The van der Waals surface area contributed by atoms with Gasteiger partial charge in [0.05, 0.1) is 14.2 Å². The van der Waals surface area contributed by atoms with E-state index >= 15 is 0 Å². The number of hydrogen-bond acceptors (Lipinski definition) is 15. The number of carbonyl (C=O) groups excluding carboxylic acids is 1. The van der Waals surface area contributed by atoms with Crippen LogP contribution in [0, 0.1) is 0 Å². The number of phenols is 2. The first-order valence-corrected chi connectivity index (χ1v) is 12.4. The average molecular weight is 586 g/mol. The Balaban J connectivity index is 1.72. The highest BCUT2D eigenvalue weighted by molar-refractivity contribution is 7.81. The number of aromatic hydroxyl groups is 2. The molecule has 0 saturated carbocycles. The summed E-state index contributed by atoms with van der Waals surface area (Å²) in [6, 6.07) is 5.78. The van der Waals surface area contributed by atoms with Crippen LogP contribution in [0.2, 0.25) is 0 Å². The van der Waals surface area contributed by atoms with Crippen LogP contribution in [-0.4, -0.2) is 89.4 Å². The largest absolute Gasteiger partial charge is 0.507 e. The molecule has 0 aliphatic carbocycles. The van der Waals surface area contributed by atoms with Crippen LogP contribution >= 0.6 is 0 Å². The topological polar surface area (TPSA) is 249 Å². The Bertz CT molecular complexity index is 1590. The van der Waals surface area contributed by atoms with Gasteiger partial charge in [0.1, 0.15) is 46.5 Å². The third-order valence-corrected chi connectivity index (χ3v) is 6.16. The smallest absolute Gasteiger partial charge is 0.449 e. The molecule has 5 atom stereocenters. The Kier molecular flexibility index (Phi) is 7.79. The minimum atomic E-state index is -5.31. The van der Waals surface area contributed by atoms with E-state index in [-0.39, 0.29) is 45.3 Å². The maximum absolute atomic E-state index is 12.8. The van der Waals surface area contributed by atoms with Crippen molar-refractivity contribution in [2.24, 2.45) is 0 Å². The second-order valence-corrected chi connectivity index (χ2v) is 9.39. The highest BCUT2D eigenvalue weighted by Gasteiger charge is 2.49. The molecule has 0 amide bonds. The number of aliphatic hydroxyl groups excluding tert-OH is 3. The van der Waals surface area contributed by atoms with E-state index in [1.165, 1.54) is 26.4 Å². The highest BCUT2D eigenvalue weighted by atomic mass is 32.3. The van der Waals surface area contributed by atoms with Gasteiger partial charge in [-0.1, -0.05) is 0 Å². The molecule has 0 radical (unpaired) electrons. The van der Waals surface area contributed by atoms with Crippen molar-refractivity contribution in [1.29, 1.82) is 0 Å². The van der Waals surface area contributed by atoms with Gasteiger partial charge in [0, 0.05) is 23.8 Å². The van der Waals surface area contributed by atoms with Gasteiger partial charge in [-0.05, 0) is 12.1 Å². The van der Waals surface area contributed by atoms with Crippen LogP contribution in [0.15, 0.2) is 39.5 Å². The molecular weight excluding hydrogens is 564 g/mol. The summed E-state index contributed by atoms with van der Waals surface area (Å²) in [5, 5.41) is 50.8. The van der Waals surface area contributed by atoms with Gasteiger partial charge in [0.25, 0.3) is 0 Å². The van der Waals surface area contributed by atoms with Gasteiger partial charge in [0.15, 0.2) is 23.0 Å². The first-order valence-electron chi connectivity index (χ1n) is 11.1. The van der Waals surface area contributed by atoms with Crippen molar-refractivity contribution in [3.8, 4) is 40.1 Å². The molecule has 2 heterocycles. The molecule has 40 heavy (non-hydrogen) atoms. The van der Waals surface area contributed by atoms with Crippen molar-refractivity contribution in [2.75, 3.05) is 14.2 Å². The maximum atomic E-state index is 12.8. The molecule has 1 aliphatic heterocycles. The number of aliphatic hydroxyl groups is 3. The molecule has 216 valence electrons. The van der Waals surface area contributed by atoms with Crippen molar-refractivity contribution in [1.82, 2.24) is 0 Å². The maximum Gasteiger partial charge on any atom is 0.449 e. The predicted molar refractivity (Wildman–Crippen MR) is 129 cm³/mol. The lowest BCUT2D eigenvalue weighted by atomic mass is 9.99. The summed E-state index contributed by atoms with van der Waals surface area (Å²) in [7, 11) is -2.72. The minimum Gasteiger partial charge on any atom is -0.507 e. The van der Waals surface area contributed by atoms with E-state index in [2.05, 4.69) is 4.18 Å². The number of phenolic OH excluding ortho intramolecular Hbond substituents is 2. The summed E-state index contributed by atoms with van der Waals surface area (Å²) in [6.07, 6.45) is -10.5. The fraction of sp³-hybridized carbons (Fsp3) is 0.304. The summed E-state index contributed by atoms with van der Waals surface area (Å²) < 4.78 is 60.6. The number of fused-ring (bicyclic) bond motifs is 1. The first kappa shape index (κ1) is 28.9. The van der Waals surface area contributed by atoms with Crippen molar-refractivity contribution < 1.29 is 70.8 Å². The molecule has 5 unspecified atom stereocenters. The van der Waals surface area contributed by atoms with Crippen LogP contribution in [0.4, 0.5) is 0 Å². The predicted octanol–water partition coefficient (Wildman–Crippen LogP) is -0.579. The number of carbonyl (C=O) groups is 1. The Morgan fingerprint density at radius 2 is 1.55 bits per heavy atom. The van der Waals surface area contributed by atoms with Crippen LogP contribution in [0.3, 0.4) is 0 Å². The average Bonchev–Trinajstić information content (AvgIpc) is 2.87. The van der Waals surface area contributed by atoms with E-state index in [9.17, 15) is 43.5 Å². The van der Waals surface area contributed by atoms with E-state index in [0.717, 1.165) is 18.2 Å². The number of hydrogen-bond donors (Lipinski definition) is 6. The van der Waals surface area contributed by atoms with Gasteiger partial charge in [-0.25, -0.2) is 4.79 Å². The summed E-state index contributed by atoms with van der Waals surface area (Å²) in [5.74, 6) is -3.14. The third-order valence-electron chi connectivity index (χ3n) is 5.79. The van der Waals surface area contributed by atoms with Crippen molar-refractivity contribution in [3.63, 3.8) is 0 Å². The van der Waals surface area contributed by atoms with Crippen molar-refractivity contribution in [2.45, 2.75) is 30.7 Å². The molecule has 1 fully saturated rings. The van der Waals surface area contributed by atoms with Crippen LogP contribution in [0.1, 0.15) is 0 Å². The lowest BCUT2D eigenvalue weighted by molar-refractivity contribution is -0.270. The third kappa shape index (κ3) is 5.60. The van der Waals surface area contributed by atoms with Gasteiger partial charge < -0.3 is 53.1 Å². The first-order chi connectivity index (χ1) is 18.7.